The summed E-state index contributed by atoms with van der Waals surface area (Å²) in [6.45, 7) is 3.84. The Labute approximate surface area is 156 Å². The van der Waals surface area contributed by atoms with Crippen LogP contribution in [-0.4, -0.2) is 76.7 Å². The Kier molecular flexibility index (Phi) is 4.97. The fraction of sp³-hybridized carbons (Fsp3) is 0.471. The molecule has 2 saturated heterocycles. The number of amides is 1. The van der Waals surface area contributed by atoms with Gasteiger partial charge in [0.25, 0.3) is 0 Å². The van der Waals surface area contributed by atoms with Crippen LogP contribution in [0.1, 0.15) is 6.42 Å². The number of likely N-dealkylation sites (tertiary alicyclic amines) is 1. The van der Waals surface area contributed by atoms with Gasteiger partial charge in [0.05, 0.1) is 19.8 Å². The maximum Gasteiger partial charge on any atom is 0.322 e. The summed E-state index contributed by atoms with van der Waals surface area (Å²) in [6.07, 6.45) is 3.08. The third-order valence-electron chi connectivity index (χ3n) is 4.54. The molecule has 0 spiro atoms. The van der Waals surface area contributed by atoms with E-state index >= 15 is 0 Å². The van der Waals surface area contributed by atoms with Crippen LogP contribution < -0.4 is 15.4 Å². The normalized spacial score (nSPS) is 19.9. The lowest BCUT2D eigenvalue weighted by molar-refractivity contribution is -0.117. The lowest BCUT2D eigenvalue weighted by Crippen LogP contribution is -2.37. The van der Waals surface area contributed by atoms with Crippen molar-refractivity contribution in [3.05, 3.63) is 18.3 Å². The Morgan fingerprint density at radius 1 is 1.19 bits per heavy atom. The summed E-state index contributed by atoms with van der Waals surface area (Å²) in [4.78, 5) is 32.3. The van der Waals surface area contributed by atoms with Gasteiger partial charge in [-0.25, -0.2) is 4.98 Å². The number of nitrogen functional groups attached to an aromatic ring is 1. The zero-order chi connectivity index (χ0) is 18.6. The quantitative estimate of drug-likeness (QED) is 0.722. The van der Waals surface area contributed by atoms with Crippen molar-refractivity contribution in [2.24, 2.45) is 0 Å². The summed E-state index contributed by atoms with van der Waals surface area (Å²) in [5.74, 6) is 1.44. The van der Waals surface area contributed by atoms with E-state index < -0.39 is 0 Å². The van der Waals surface area contributed by atoms with Crippen molar-refractivity contribution >= 4 is 18.2 Å². The van der Waals surface area contributed by atoms with E-state index in [1.807, 2.05) is 11.0 Å². The number of nitrogens with zero attached hydrogens (tertiary/aromatic N) is 6. The monoisotopic (exact) mass is 371 g/mol. The Morgan fingerprint density at radius 3 is 2.74 bits per heavy atom. The number of carbonyl (C=O) groups is 1. The number of aromatic nitrogens is 4. The fourth-order valence-corrected chi connectivity index (χ4v) is 3.06. The summed E-state index contributed by atoms with van der Waals surface area (Å²) in [5.41, 5.74) is 6.40. The molecule has 2 aliphatic heterocycles. The number of ether oxygens (including phenoxy) is 2. The topological polar surface area (TPSA) is 120 Å². The van der Waals surface area contributed by atoms with Gasteiger partial charge in [-0.05, 0) is 12.1 Å². The molecule has 2 N–H and O–H groups in total. The summed E-state index contributed by atoms with van der Waals surface area (Å²) < 4.78 is 11.4. The van der Waals surface area contributed by atoms with Crippen molar-refractivity contribution in [1.29, 1.82) is 0 Å². The number of carbonyl (C=O) groups excluding carboxylic acids is 1. The third-order valence-corrected chi connectivity index (χ3v) is 4.54. The van der Waals surface area contributed by atoms with Gasteiger partial charge >= 0.3 is 6.01 Å². The number of hydrogen-bond donors (Lipinski definition) is 1. The highest BCUT2D eigenvalue weighted by molar-refractivity contribution is 5.57. The standard InChI is InChI=1S/C17H21N7O3/c18-14-2-1-12(9-19-14)15-20-16(24-5-7-26-8-6-24)22-17(21-15)27-13-3-4-23(10-13)11-25/h1-2,9,11,13H,3-8,10H2,(H2,18,19). The predicted molar refractivity (Wildman–Crippen MR) is 97.2 cm³/mol. The highest BCUT2D eigenvalue weighted by Gasteiger charge is 2.25. The first kappa shape index (κ1) is 17.4. The van der Waals surface area contributed by atoms with Gasteiger partial charge in [-0.2, -0.15) is 15.0 Å². The number of pyridine rings is 1. The summed E-state index contributed by atoms with van der Waals surface area (Å²) in [6, 6.07) is 3.76. The van der Waals surface area contributed by atoms with E-state index in [-0.39, 0.29) is 12.1 Å². The molecule has 0 bridgehead atoms. The number of rotatable bonds is 5. The van der Waals surface area contributed by atoms with Gasteiger partial charge in [-0.15, -0.1) is 0 Å². The van der Waals surface area contributed by atoms with Crippen LogP contribution in [0, 0.1) is 0 Å². The van der Waals surface area contributed by atoms with E-state index in [0.717, 1.165) is 18.4 Å². The summed E-state index contributed by atoms with van der Waals surface area (Å²) in [5, 5.41) is 0. The molecular formula is C17H21N7O3. The van der Waals surface area contributed by atoms with Gasteiger partial charge in [-0.3, -0.25) is 4.79 Å². The van der Waals surface area contributed by atoms with E-state index in [1.165, 1.54) is 0 Å². The third kappa shape index (κ3) is 4.05. The SMILES string of the molecule is Nc1ccc(-c2nc(OC3CCN(C=O)C3)nc(N3CCOCC3)n2)cn1. The molecule has 4 rings (SSSR count). The highest BCUT2D eigenvalue weighted by atomic mass is 16.5. The molecule has 10 nitrogen and oxygen atoms in total. The van der Waals surface area contributed by atoms with Crippen molar-refractivity contribution in [2.75, 3.05) is 50.0 Å². The van der Waals surface area contributed by atoms with Crippen molar-refractivity contribution in [2.45, 2.75) is 12.5 Å². The van der Waals surface area contributed by atoms with Crippen LogP contribution in [0.2, 0.25) is 0 Å². The number of morpholine rings is 1. The largest absolute Gasteiger partial charge is 0.458 e. The number of hydrogen-bond acceptors (Lipinski definition) is 9. The van der Waals surface area contributed by atoms with E-state index in [2.05, 4.69) is 19.9 Å². The molecule has 0 aliphatic carbocycles. The molecule has 10 heteroatoms. The van der Waals surface area contributed by atoms with Crippen molar-refractivity contribution in [3.8, 4) is 17.4 Å². The van der Waals surface area contributed by atoms with Crippen molar-refractivity contribution in [1.82, 2.24) is 24.8 Å². The lowest BCUT2D eigenvalue weighted by Gasteiger charge is -2.27. The summed E-state index contributed by atoms with van der Waals surface area (Å²) >= 11 is 0. The molecule has 2 fully saturated rings. The maximum absolute atomic E-state index is 10.9. The predicted octanol–water partition coefficient (Wildman–Crippen LogP) is -0.0381. The Balaban J connectivity index is 1.63. The first-order valence-corrected chi connectivity index (χ1v) is 8.88. The first-order valence-electron chi connectivity index (χ1n) is 8.88. The molecule has 2 aromatic rings. The molecule has 1 amide bonds. The Bertz CT molecular complexity index is 796. The first-order chi connectivity index (χ1) is 13.2. The van der Waals surface area contributed by atoms with Gasteiger partial charge in [0.2, 0.25) is 12.4 Å². The van der Waals surface area contributed by atoms with Crippen LogP contribution in [0.25, 0.3) is 11.4 Å². The second-order valence-corrected chi connectivity index (χ2v) is 6.44. The van der Waals surface area contributed by atoms with Crippen LogP contribution >= 0.6 is 0 Å². The van der Waals surface area contributed by atoms with Crippen molar-refractivity contribution < 1.29 is 14.3 Å². The van der Waals surface area contributed by atoms with E-state index in [9.17, 15) is 4.79 Å². The molecule has 142 valence electrons. The number of nitrogens with two attached hydrogens (primary N) is 1. The van der Waals surface area contributed by atoms with Crippen LogP contribution in [0.15, 0.2) is 18.3 Å². The van der Waals surface area contributed by atoms with E-state index in [0.29, 0.717) is 57.0 Å². The van der Waals surface area contributed by atoms with Crippen LogP contribution in [-0.2, 0) is 9.53 Å². The van der Waals surface area contributed by atoms with Gasteiger partial charge in [0.1, 0.15) is 11.9 Å². The molecule has 1 atom stereocenters. The Morgan fingerprint density at radius 2 is 2.04 bits per heavy atom. The average molecular weight is 371 g/mol. The smallest absolute Gasteiger partial charge is 0.322 e. The van der Waals surface area contributed by atoms with E-state index in [4.69, 9.17) is 15.2 Å². The molecule has 27 heavy (non-hydrogen) atoms. The molecular weight excluding hydrogens is 350 g/mol. The second-order valence-electron chi connectivity index (χ2n) is 6.44. The van der Waals surface area contributed by atoms with Crippen LogP contribution in [0.4, 0.5) is 11.8 Å². The number of anilines is 2. The minimum absolute atomic E-state index is 0.132. The zero-order valence-electron chi connectivity index (χ0n) is 14.8. The Hall–Kier alpha value is -3.01. The van der Waals surface area contributed by atoms with Crippen LogP contribution in [0.5, 0.6) is 6.01 Å². The van der Waals surface area contributed by atoms with E-state index in [1.54, 1.807) is 17.2 Å². The molecule has 2 aromatic heterocycles. The fourth-order valence-electron chi connectivity index (χ4n) is 3.06. The van der Waals surface area contributed by atoms with Gasteiger partial charge in [0.15, 0.2) is 5.82 Å². The molecule has 2 aliphatic rings. The van der Waals surface area contributed by atoms with Crippen molar-refractivity contribution in [3.63, 3.8) is 0 Å². The van der Waals surface area contributed by atoms with Gasteiger partial charge in [-0.1, -0.05) is 0 Å². The molecule has 1 unspecified atom stereocenters. The highest BCUT2D eigenvalue weighted by Crippen LogP contribution is 2.23. The van der Waals surface area contributed by atoms with Crippen LogP contribution in [0.3, 0.4) is 0 Å². The van der Waals surface area contributed by atoms with Gasteiger partial charge in [0, 0.05) is 37.8 Å². The summed E-state index contributed by atoms with van der Waals surface area (Å²) in [7, 11) is 0. The minimum atomic E-state index is -0.132. The minimum Gasteiger partial charge on any atom is -0.458 e. The molecule has 0 saturated carbocycles. The molecule has 0 radical (unpaired) electrons. The lowest BCUT2D eigenvalue weighted by atomic mass is 10.2. The zero-order valence-corrected chi connectivity index (χ0v) is 14.8. The maximum atomic E-state index is 10.9. The molecule has 4 heterocycles. The molecule has 0 aromatic carbocycles. The van der Waals surface area contributed by atoms with Gasteiger partial charge < -0.3 is 25.0 Å². The second kappa shape index (κ2) is 7.70. The average Bonchev–Trinajstić information content (AvgIpc) is 3.16.